The number of carboxylic acids is 1. The van der Waals surface area contributed by atoms with Crippen LogP contribution in [-0.2, 0) is 6.54 Å². The molecule has 0 unspecified atom stereocenters. The molecule has 1 aromatic heterocycles. The second kappa shape index (κ2) is 6.19. The number of aromatic carboxylic acids is 1. The Morgan fingerprint density at radius 2 is 1.88 bits per heavy atom. The average molecular weight is 329 g/mol. The summed E-state index contributed by atoms with van der Waals surface area (Å²) in [6.45, 7) is 1.77. The number of carbonyl (C=O) groups is 1. The Morgan fingerprint density at radius 3 is 2.54 bits per heavy atom. The van der Waals surface area contributed by atoms with Crippen LogP contribution in [0.15, 0.2) is 42.5 Å². The summed E-state index contributed by atoms with van der Waals surface area (Å²) >= 11 is 0. The van der Waals surface area contributed by atoms with Crippen LogP contribution >= 0.6 is 0 Å². The quantitative estimate of drug-likeness (QED) is 0.797. The molecular weight excluding hydrogens is 316 g/mol. The van der Waals surface area contributed by atoms with Crippen LogP contribution in [0.5, 0.6) is 0 Å². The Morgan fingerprint density at radius 1 is 1.17 bits per heavy atom. The first-order valence-corrected chi connectivity index (χ1v) is 7.13. The number of benzene rings is 2. The molecule has 0 aliphatic heterocycles. The Bertz CT molecular complexity index is 905. The maximum Gasteiger partial charge on any atom is 0.358 e. The molecule has 0 aliphatic rings. The fourth-order valence-electron chi connectivity index (χ4n) is 2.39. The van der Waals surface area contributed by atoms with Gasteiger partial charge in [-0.3, -0.25) is 0 Å². The van der Waals surface area contributed by atoms with Gasteiger partial charge in [-0.25, -0.2) is 18.3 Å². The number of carboxylic acid groups (broad SMARTS) is 1. The van der Waals surface area contributed by atoms with Gasteiger partial charge >= 0.3 is 5.97 Å². The van der Waals surface area contributed by atoms with E-state index in [4.69, 9.17) is 0 Å². The van der Waals surface area contributed by atoms with Gasteiger partial charge in [0.1, 0.15) is 17.3 Å². The number of halogens is 2. The minimum absolute atomic E-state index is 0.0604. The zero-order valence-electron chi connectivity index (χ0n) is 12.7. The molecule has 3 rings (SSSR count). The van der Waals surface area contributed by atoms with Gasteiger partial charge in [0.05, 0.1) is 6.54 Å². The van der Waals surface area contributed by atoms with Crippen molar-refractivity contribution in [1.82, 2.24) is 15.0 Å². The summed E-state index contributed by atoms with van der Waals surface area (Å²) in [5, 5.41) is 16.8. The lowest BCUT2D eigenvalue weighted by molar-refractivity contribution is 0.0691. The Hall–Kier alpha value is -3.09. The SMILES string of the molecule is Cc1ccc(-c2c(C(=O)O)nnn2Cc2cc(F)ccc2F)cc1. The normalized spacial score (nSPS) is 10.8. The first-order chi connectivity index (χ1) is 11.5. The summed E-state index contributed by atoms with van der Waals surface area (Å²) in [5.74, 6) is -2.42. The highest BCUT2D eigenvalue weighted by molar-refractivity contribution is 5.92. The van der Waals surface area contributed by atoms with Crippen LogP contribution in [-0.4, -0.2) is 26.1 Å². The molecule has 0 atom stereocenters. The summed E-state index contributed by atoms with van der Waals surface area (Å²) in [6, 6.07) is 10.2. The molecule has 0 radical (unpaired) electrons. The lowest BCUT2D eigenvalue weighted by Crippen LogP contribution is -2.08. The van der Waals surface area contributed by atoms with Crippen molar-refractivity contribution in [3.8, 4) is 11.3 Å². The Labute approximate surface area is 136 Å². The Balaban J connectivity index is 2.10. The highest BCUT2D eigenvalue weighted by Gasteiger charge is 2.21. The molecule has 2 aromatic carbocycles. The number of hydrogen-bond acceptors (Lipinski definition) is 3. The number of hydrogen-bond donors (Lipinski definition) is 1. The molecule has 24 heavy (non-hydrogen) atoms. The number of aryl methyl sites for hydroxylation is 1. The van der Waals surface area contributed by atoms with Gasteiger partial charge in [-0.2, -0.15) is 0 Å². The van der Waals surface area contributed by atoms with Crippen LogP contribution in [0, 0.1) is 18.6 Å². The van der Waals surface area contributed by atoms with Crippen molar-refractivity contribution < 1.29 is 18.7 Å². The smallest absolute Gasteiger partial charge is 0.358 e. The van der Waals surface area contributed by atoms with Crippen LogP contribution in [0.2, 0.25) is 0 Å². The van der Waals surface area contributed by atoms with E-state index in [0.717, 1.165) is 23.8 Å². The third-order valence-corrected chi connectivity index (χ3v) is 3.59. The first kappa shape index (κ1) is 15.8. The summed E-state index contributed by atoms with van der Waals surface area (Å²) in [7, 11) is 0. The van der Waals surface area contributed by atoms with Crippen LogP contribution in [0.25, 0.3) is 11.3 Å². The van der Waals surface area contributed by atoms with Crippen LogP contribution < -0.4 is 0 Å². The molecule has 0 bridgehead atoms. The lowest BCUT2D eigenvalue weighted by atomic mass is 10.1. The molecule has 0 fully saturated rings. The van der Waals surface area contributed by atoms with E-state index in [1.54, 1.807) is 12.1 Å². The minimum atomic E-state index is -1.24. The minimum Gasteiger partial charge on any atom is -0.476 e. The molecule has 7 heteroatoms. The Kier molecular flexibility index (Phi) is 4.07. The standard InChI is InChI=1S/C17H13F2N3O2/c1-10-2-4-11(5-3-10)16-15(17(23)24)20-21-22(16)9-12-8-13(18)6-7-14(12)19/h2-8H,9H2,1H3,(H,23,24). The zero-order valence-corrected chi connectivity index (χ0v) is 12.7. The summed E-state index contributed by atoms with van der Waals surface area (Å²) in [5.41, 5.74) is 1.65. The topological polar surface area (TPSA) is 68.0 Å². The summed E-state index contributed by atoms with van der Waals surface area (Å²) in [6.07, 6.45) is 0. The van der Waals surface area contributed by atoms with E-state index in [9.17, 15) is 18.7 Å². The summed E-state index contributed by atoms with van der Waals surface area (Å²) in [4.78, 5) is 11.4. The van der Waals surface area contributed by atoms with Gasteiger partial charge in [-0.1, -0.05) is 35.0 Å². The van der Waals surface area contributed by atoms with Gasteiger partial charge in [0.2, 0.25) is 0 Å². The van der Waals surface area contributed by atoms with E-state index in [2.05, 4.69) is 10.3 Å². The highest BCUT2D eigenvalue weighted by atomic mass is 19.1. The van der Waals surface area contributed by atoms with Crippen LogP contribution in [0.3, 0.4) is 0 Å². The molecule has 122 valence electrons. The zero-order chi connectivity index (χ0) is 17.3. The van der Waals surface area contributed by atoms with Gasteiger partial charge < -0.3 is 5.11 Å². The van der Waals surface area contributed by atoms with E-state index >= 15 is 0 Å². The molecule has 3 aromatic rings. The van der Waals surface area contributed by atoms with Gasteiger partial charge in [-0.05, 0) is 25.1 Å². The maximum atomic E-state index is 13.9. The number of aromatic nitrogens is 3. The molecule has 0 spiro atoms. The van der Waals surface area contributed by atoms with Crippen LogP contribution in [0.4, 0.5) is 8.78 Å². The van der Waals surface area contributed by atoms with E-state index in [-0.39, 0.29) is 23.5 Å². The molecule has 5 nitrogen and oxygen atoms in total. The predicted molar refractivity (Wildman–Crippen MR) is 82.6 cm³/mol. The number of nitrogens with zero attached hydrogens (tertiary/aromatic N) is 3. The molecule has 1 N–H and O–H groups in total. The molecule has 0 saturated carbocycles. The second-order valence-electron chi connectivity index (χ2n) is 5.35. The van der Waals surface area contributed by atoms with Gasteiger partial charge in [0, 0.05) is 11.1 Å². The van der Waals surface area contributed by atoms with Crippen molar-refractivity contribution in [2.75, 3.05) is 0 Å². The largest absolute Gasteiger partial charge is 0.476 e. The lowest BCUT2D eigenvalue weighted by Gasteiger charge is -2.09. The monoisotopic (exact) mass is 329 g/mol. The third kappa shape index (κ3) is 3.01. The van der Waals surface area contributed by atoms with E-state index in [0.29, 0.717) is 5.56 Å². The second-order valence-corrected chi connectivity index (χ2v) is 5.35. The van der Waals surface area contributed by atoms with Gasteiger partial charge in [-0.15, -0.1) is 5.10 Å². The maximum absolute atomic E-state index is 13.9. The number of rotatable bonds is 4. The first-order valence-electron chi connectivity index (χ1n) is 7.13. The molecule has 1 heterocycles. The highest BCUT2D eigenvalue weighted by Crippen LogP contribution is 2.24. The van der Waals surface area contributed by atoms with Crippen molar-refractivity contribution in [2.24, 2.45) is 0 Å². The average Bonchev–Trinajstić information content (AvgIpc) is 2.95. The van der Waals surface area contributed by atoms with Crippen molar-refractivity contribution in [1.29, 1.82) is 0 Å². The fraction of sp³-hybridized carbons (Fsp3) is 0.118. The van der Waals surface area contributed by atoms with Crippen molar-refractivity contribution in [3.05, 3.63) is 70.9 Å². The van der Waals surface area contributed by atoms with E-state index in [1.165, 1.54) is 4.68 Å². The van der Waals surface area contributed by atoms with Crippen molar-refractivity contribution >= 4 is 5.97 Å². The summed E-state index contributed by atoms with van der Waals surface area (Å²) < 4.78 is 28.5. The van der Waals surface area contributed by atoms with E-state index < -0.39 is 17.6 Å². The third-order valence-electron chi connectivity index (χ3n) is 3.59. The van der Waals surface area contributed by atoms with Gasteiger partial charge in [0.25, 0.3) is 0 Å². The fourth-order valence-corrected chi connectivity index (χ4v) is 2.39. The predicted octanol–water partition coefficient (Wildman–Crippen LogP) is 3.28. The van der Waals surface area contributed by atoms with Crippen LogP contribution in [0.1, 0.15) is 21.6 Å². The van der Waals surface area contributed by atoms with E-state index in [1.807, 2.05) is 19.1 Å². The molecule has 0 amide bonds. The van der Waals surface area contributed by atoms with Crippen molar-refractivity contribution in [3.63, 3.8) is 0 Å². The molecule has 0 aliphatic carbocycles. The molecule has 0 saturated heterocycles. The molecular formula is C17H13F2N3O2. The van der Waals surface area contributed by atoms with Crippen molar-refractivity contribution in [2.45, 2.75) is 13.5 Å². The van der Waals surface area contributed by atoms with Gasteiger partial charge in [0.15, 0.2) is 5.69 Å².